The van der Waals surface area contributed by atoms with Crippen LogP contribution in [0.3, 0.4) is 0 Å². The van der Waals surface area contributed by atoms with Crippen molar-refractivity contribution in [1.82, 2.24) is 15.3 Å². The van der Waals surface area contributed by atoms with Gasteiger partial charge in [0.25, 0.3) is 5.91 Å². The SMILES string of the molecule is CC(C)=Cc1sc(-c2ncc(C)s2)nc1C(=O)NCc1ccc(F)cc1. The molecule has 134 valence electrons. The molecule has 0 aliphatic heterocycles. The molecule has 0 fully saturated rings. The first-order valence-corrected chi connectivity index (χ1v) is 9.67. The van der Waals surface area contributed by atoms with Gasteiger partial charge in [0.15, 0.2) is 10.0 Å². The Labute approximate surface area is 159 Å². The van der Waals surface area contributed by atoms with Crippen molar-refractivity contribution >= 4 is 34.7 Å². The summed E-state index contributed by atoms with van der Waals surface area (Å²) in [5.41, 5.74) is 2.30. The molecule has 7 heteroatoms. The highest BCUT2D eigenvalue weighted by Gasteiger charge is 2.19. The average Bonchev–Trinajstić information content (AvgIpc) is 3.20. The van der Waals surface area contributed by atoms with Gasteiger partial charge < -0.3 is 5.32 Å². The summed E-state index contributed by atoms with van der Waals surface area (Å²) < 4.78 is 13.0. The van der Waals surface area contributed by atoms with Crippen LogP contribution in [0.5, 0.6) is 0 Å². The molecule has 0 radical (unpaired) electrons. The molecule has 1 N–H and O–H groups in total. The third kappa shape index (κ3) is 4.42. The fraction of sp³-hybridized carbons (Fsp3) is 0.211. The van der Waals surface area contributed by atoms with E-state index >= 15 is 0 Å². The smallest absolute Gasteiger partial charge is 0.271 e. The molecule has 1 aromatic carbocycles. The molecule has 3 aromatic rings. The van der Waals surface area contributed by atoms with Crippen LogP contribution in [0.2, 0.25) is 0 Å². The van der Waals surface area contributed by atoms with E-state index in [0.29, 0.717) is 12.2 Å². The van der Waals surface area contributed by atoms with E-state index in [0.717, 1.165) is 30.9 Å². The van der Waals surface area contributed by atoms with Crippen molar-refractivity contribution in [3.8, 4) is 10.0 Å². The maximum absolute atomic E-state index is 13.0. The average molecular weight is 388 g/mol. The van der Waals surface area contributed by atoms with Crippen LogP contribution in [0.1, 0.15) is 39.7 Å². The molecule has 0 bridgehead atoms. The number of carbonyl (C=O) groups excluding carboxylic acids is 1. The molecule has 0 aliphatic rings. The lowest BCUT2D eigenvalue weighted by molar-refractivity contribution is 0.0946. The summed E-state index contributed by atoms with van der Waals surface area (Å²) in [5.74, 6) is -0.550. The number of nitrogens with zero attached hydrogens (tertiary/aromatic N) is 2. The Morgan fingerprint density at radius 1 is 1.19 bits per heavy atom. The number of rotatable bonds is 5. The number of hydrogen-bond donors (Lipinski definition) is 1. The van der Waals surface area contributed by atoms with E-state index in [-0.39, 0.29) is 11.7 Å². The first-order valence-electron chi connectivity index (χ1n) is 8.03. The predicted octanol–water partition coefficient (Wildman–Crippen LogP) is 5.07. The Balaban J connectivity index is 1.84. The normalized spacial score (nSPS) is 10.6. The van der Waals surface area contributed by atoms with Gasteiger partial charge in [-0.05, 0) is 44.5 Å². The van der Waals surface area contributed by atoms with Gasteiger partial charge in [0.2, 0.25) is 0 Å². The van der Waals surface area contributed by atoms with E-state index in [1.807, 2.05) is 26.8 Å². The van der Waals surface area contributed by atoms with E-state index in [4.69, 9.17) is 0 Å². The molecule has 2 aromatic heterocycles. The van der Waals surface area contributed by atoms with Gasteiger partial charge in [-0.2, -0.15) is 0 Å². The maximum Gasteiger partial charge on any atom is 0.271 e. The van der Waals surface area contributed by atoms with Gasteiger partial charge in [0.1, 0.15) is 11.5 Å². The van der Waals surface area contributed by atoms with E-state index in [1.165, 1.54) is 23.5 Å². The van der Waals surface area contributed by atoms with Crippen molar-refractivity contribution in [2.24, 2.45) is 0 Å². The lowest BCUT2D eigenvalue weighted by Gasteiger charge is -2.04. The van der Waals surface area contributed by atoms with Gasteiger partial charge in [0, 0.05) is 17.6 Å². The minimum atomic E-state index is -0.297. The number of aryl methyl sites for hydroxylation is 1. The van der Waals surface area contributed by atoms with Gasteiger partial charge in [-0.3, -0.25) is 4.79 Å². The standard InChI is InChI=1S/C19H18FN3OS2/c1-11(2)8-15-16(23-19(26-15)18-22-9-12(3)25-18)17(24)21-10-13-4-6-14(20)7-5-13/h4-9H,10H2,1-3H3,(H,21,24). The lowest BCUT2D eigenvalue weighted by Crippen LogP contribution is -2.23. The number of aromatic nitrogens is 2. The quantitative estimate of drug-likeness (QED) is 0.665. The Kier molecular flexibility index (Phi) is 5.58. The van der Waals surface area contributed by atoms with Crippen molar-refractivity contribution in [3.05, 3.63) is 62.9 Å². The van der Waals surface area contributed by atoms with Crippen LogP contribution in [0, 0.1) is 12.7 Å². The third-order valence-corrected chi connectivity index (χ3v) is 5.52. The van der Waals surface area contributed by atoms with E-state index in [9.17, 15) is 9.18 Å². The summed E-state index contributed by atoms with van der Waals surface area (Å²) in [6, 6.07) is 6.05. The first-order chi connectivity index (χ1) is 12.4. The van der Waals surface area contributed by atoms with Crippen LogP contribution in [0.4, 0.5) is 4.39 Å². The molecule has 0 aliphatic carbocycles. The van der Waals surface area contributed by atoms with Crippen LogP contribution in [-0.2, 0) is 6.54 Å². The van der Waals surface area contributed by atoms with Gasteiger partial charge in [-0.25, -0.2) is 14.4 Å². The van der Waals surface area contributed by atoms with Crippen molar-refractivity contribution < 1.29 is 9.18 Å². The highest BCUT2D eigenvalue weighted by Crippen LogP contribution is 2.32. The molecule has 26 heavy (non-hydrogen) atoms. The monoisotopic (exact) mass is 387 g/mol. The molecule has 0 saturated carbocycles. The molecule has 0 atom stereocenters. The largest absolute Gasteiger partial charge is 0.347 e. The fourth-order valence-electron chi connectivity index (χ4n) is 2.27. The highest BCUT2D eigenvalue weighted by molar-refractivity contribution is 7.22. The highest BCUT2D eigenvalue weighted by atomic mass is 32.1. The molecule has 0 saturated heterocycles. The molecule has 0 spiro atoms. The number of benzene rings is 1. The zero-order valence-electron chi connectivity index (χ0n) is 14.7. The number of thiazole rings is 2. The van der Waals surface area contributed by atoms with Gasteiger partial charge in [-0.15, -0.1) is 22.7 Å². The van der Waals surface area contributed by atoms with Gasteiger partial charge in [-0.1, -0.05) is 17.7 Å². The van der Waals surface area contributed by atoms with Crippen LogP contribution >= 0.6 is 22.7 Å². The molecular formula is C19H18FN3OS2. The van der Waals surface area contributed by atoms with E-state index in [1.54, 1.807) is 29.7 Å². The second-order valence-corrected chi connectivity index (χ2v) is 8.30. The van der Waals surface area contributed by atoms with Crippen molar-refractivity contribution in [2.45, 2.75) is 27.3 Å². The number of halogens is 1. The number of amides is 1. The summed E-state index contributed by atoms with van der Waals surface area (Å²) in [6.07, 6.45) is 3.75. The maximum atomic E-state index is 13.0. The van der Waals surface area contributed by atoms with Gasteiger partial charge >= 0.3 is 0 Å². The molecule has 1 amide bonds. The van der Waals surface area contributed by atoms with Crippen molar-refractivity contribution in [2.75, 3.05) is 0 Å². The number of nitrogens with one attached hydrogen (secondary N) is 1. The number of hydrogen-bond acceptors (Lipinski definition) is 5. The van der Waals surface area contributed by atoms with Crippen molar-refractivity contribution in [3.63, 3.8) is 0 Å². The second-order valence-electron chi connectivity index (χ2n) is 6.04. The van der Waals surface area contributed by atoms with Gasteiger partial charge in [0.05, 0.1) is 4.88 Å². The topological polar surface area (TPSA) is 54.9 Å². The summed E-state index contributed by atoms with van der Waals surface area (Å²) in [6.45, 7) is 6.26. The van der Waals surface area contributed by atoms with E-state index in [2.05, 4.69) is 15.3 Å². The first kappa shape index (κ1) is 18.4. The minimum absolute atomic E-state index is 0.252. The summed E-state index contributed by atoms with van der Waals surface area (Å²) in [4.78, 5) is 23.4. The molecular weight excluding hydrogens is 369 g/mol. The van der Waals surface area contributed by atoms with Crippen LogP contribution < -0.4 is 5.32 Å². The Morgan fingerprint density at radius 3 is 2.54 bits per heavy atom. The van der Waals surface area contributed by atoms with Crippen molar-refractivity contribution in [1.29, 1.82) is 0 Å². The Hall–Kier alpha value is -2.38. The number of allylic oxidation sites excluding steroid dienone is 1. The Morgan fingerprint density at radius 2 is 1.92 bits per heavy atom. The third-order valence-electron chi connectivity index (χ3n) is 3.46. The second kappa shape index (κ2) is 7.88. The Bertz CT molecular complexity index is 954. The minimum Gasteiger partial charge on any atom is -0.347 e. The lowest BCUT2D eigenvalue weighted by atomic mass is 10.2. The molecule has 0 unspecified atom stereocenters. The van der Waals surface area contributed by atoms with Crippen LogP contribution in [-0.4, -0.2) is 15.9 Å². The fourth-order valence-corrected chi connectivity index (χ4v) is 4.18. The molecule has 2 heterocycles. The summed E-state index contributed by atoms with van der Waals surface area (Å²) >= 11 is 3.01. The number of carbonyl (C=O) groups is 1. The summed E-state index contributed by atoms with van der Waals surface area (Å²) in [5, 5.41) is 4.41. The predicted molar refractivity (Wildman–Crippen MR) is 105 cm³/mol. The molecule has 3 rings (SSSR count). The van der Waals surface area contributed by atoms with Crippen LogP contribution in [0.25, 0.3) is 16.1 Å². The zero-order valence-corrected chi connectivity index (χ0v) is 16.3. The molecule has 4 nitrogen and oxygen atoms in total. The van der Waals surface area contributed by atoms with E-state index < -0.39 is 0 Å². The summed E-state index contributed by atoms with van der Waals surface area (Å²) in [7, 11) is 0. The zero-order chi connectivity index (χ0) is 18.7. The van der Waals surface area contributed by atoms with Crippen LogP contribution in [0.15, 0.2) is 36.0 Å².